The van der Waals surface area contributed by atoms with Crippen LogP contribution in [-0.2, 0) is 0 Å². The van der Waals surface area contributed by atoms with E-state index in [4.69, 9.17) is 0 Å². The minimum Gasteiger partial charge on any atom is -0.103 e. The molecule has 2 atom stereocenters. The van der Waals surface area contributed by atoms with E-state index in [0.29, 0.717) is 0 Å². The highest BCUT2D eigenvalue weighted by Crippen LogP contribution is 2.40. The van der Waals surface area contributed by atoms with Crippen molar-refractivity contribution < 1.29 is 0 Å². The maximum Gasteiger partial charge on any atom is -0.0165 e. The van der Waals surface area contributed by atoms with Crippen molar-refractivity contribution in [3.63, 3.8) is 0 Å². The Kier molecular flexibility index (Phi) is 1.52. The molecule has 0 aromatic rings. The predicted molar refractivity (Wildman–Crippen MR) is 36.6 cm³/mol. The summed E-state index contributed by atoms with van der Waals surface area (Å²) in [5, 5.41) is 0. The fourth-order valence-electron chi connectivity index (χ4n) is 0.975. The summed E-state index contributed by atoms with van der Waals surface area (Å²) in [5.41, 5.74) is 0. The van der Waals surface area contributed by atoms with Gasteiger partial charge in [-0.25, -0.2) is 0 Å². The van der Waals surface area contributed by atoms with Crippen LogP contribution in [0, 0.1) is 11.8 Å². The van der Waals surface area contributed by atoms with Crippen molar-refractivity contribution in [1.29, 1.82) is 0 Å². The molecular weight excluding hydrogens is 96.1 g/mol. The van der Waals surface area contributed by atoms with Gasteiger partial charge in [0.15, 0.2) is 0 Å². The van der Waals surface area contributed by atoms with Crippen molar-refractivity contribution in [2.24, 2.45) is 11.8 Å². The van der Waals surface area contributed by atoms with Gasteiger partial charge in [-0.3, -0.25) is 0 Å². The molecule has 1 fully saturated rings. The molecule has 0 amide bonds. The predicted octanol–water partition coefficient (Wildman–Crippen LogP) is 2.38. The second-order valence-corrected chi connectivity index (χ2v) is 2.32. The Morgan fingerprint density at radius 3 is 2.62 bits per heavy atom. The molecule has 8 heavy (non-hydrogen) atoms. The maximum absolute atomic E-state index is 3.72. The van der Waals surface area contributed by atoms with Crippen molar-refractivity contribution in [3.8, 4) is 0 Å². The molecule has 0 bridgehead atoms. The molecule has 0 radical (unpaired) electrons. The second kappa shape index (κ2) is 2.17. The highest BCUT2D eigenvalue weighted by Gasteiger charge is 2.30. The molecule has 0 saturated heterocycles. The Hall–Kier alpha value is -0.520. The summed E-state index contributed by atoms with van der Waals surface area (Å²) in [6.07, 6.45) is 7.75. The average molecular weight is 108 g/mol. The molecule has 1 saturated carbocycles. The minimum absolute atomic E-state index is 0.797. The summed E-state index contributed by atoms with van der Waals surface area (Å²) in [4.78, 5) is 0. The van der Waals surface area contributed by atoms with E-state index in [0.717, 1.165) is 11.8 Å². The zero-order chi connectivity index (χ0) is 5.98. The van der Waals surface area contributed by atoms with Gasteiger partial charge in [0.1, 0.15) is 0 Å². The third-order valence-corrected chi connectivity index (χ3v) is 1.63. The lowest BCUT2D eigenvalue weighted by molar-refractivity contribution is 0.996. The molecule has 0 unspecified atom stereocenters. The first kappa shape index (κ1) is 5.61. The van der Waals surface area contributed by atoms with Gasteiger partial charge in [0.25, 0.3) is 0 Å². The fourth-order valence-corrected chi connectivity index (χ4v) is 0.975. The van der Waals surface area contributed by atoms with Gasteiger partial charge in [0, 0.05) is 0 Å². The standard InChI is InChI=1S/C8H12/c1-3-5-8-6-7(8)4-2/h3-5,7-8H,2,6H2,1H3/b5-3-/t7-,8-/m0/s1. The van der Waals surface area contributed by atoms with Gasteiger partial charge in [-0.15, -0.1) is 6.58 Å². The molecule has 0 spiro atoms. The van der Waals surface area contributed by atoms with Crippen LogP contribution in [0.5, 0.6) is 0 Å². The van der Waals surface area contributed by atoms with E-state index < -0.39 is 0 Å². The van der Waals surface area contributed by atoms with E-state index in [1.807, 2.05) is 6.08 Å². The van der Waals surface area contributed by atoms with Gasteiger partial charge >= 0.3 is 0 Å². The van der Waals surface area contributed by atoms with Crippen LogP contribution < -0.4 is 0 Å². The van der Waals surface area contributed by atoms with Crippen molar-refractivity contribution in [1.82, 2.24) is 0 Å². The molecule has 1 rings (SSSR count). The van der Waals surface area contributed by atoms with Crippen LogP contribution in [0.15, 0.2) is 24.8 Å². The van der Waals surface area contributed by atoms with Gasteiger partial charge in [0.05, 0.1) is 0 Å². The first-order valence-electron chi connectivity index (χ1n) is 3.14. The van der Waals surface area contributed by atoms with E-state index >= 15 is 0 Å². The molecule has 44 valence electrons. The number of rotatable bonds is 2. The fraction of sp³-hybridized carbons (Fsp3) is 0.500. The van der Waals surface area contributed by atoms with Crippen LogP contribution in [0.4, 0.5) is 0 Å². The Bertz CT molecular complexity index is 111. The number of hydrogen-bond acceptors (Lipinski definition) is 0. The molecule has 1 aliphatic carbocycles. The molecule has 0 N–H and O–H groups in total. The zero-order valence-corrected chi connectivity index (χ0v) is 5.30. The largest absolute Gasteiger partial charge is 0.103 e. The molecule has 0 heteroatoms. The first-order chi connectivity index (χ1) is 3.88. The highest BCUT2D eigenvalue weighted by atomic mass is 14.3. The van der Waals surface area contributed by atoms with Gasteiger partial charge in [-0.05, 0) is 25.2 Å². The van der Waals surface area contributed by atoms with E-state index in [1.165, 1.54) is 6.42 Å². The summed E-state index contributed by atoms with van der Waals surface area (Å²) in [6, 6.07) is 0. The minimum atomic E-state index is 0.797. The van der Waals surface area contributed by atoms with Crippen molar-refractivity contribution in [2.45, 2.75) is 13.3 Å². The Labute approximate surface area is 50.9 Å². The third-order valence-electron chi connectivity index (χ3n) is 1.63. The van der Waals surface area contributed by atoms with Crippen LogP contribution in [0.3, 0.4) is 0 Å². The molecule has 1 aliphatic rings. The summed E-state index contributed by atoms with van der Waals surface area (Å²) in [7, 11) is 0. The van der Waals surface area contributed by atoms with Gasteiger partial charge in [-0.1, -0.05) is 18.2 Å². The molecule has 0 nitrogen and oxygen atoms in total. The molecule has 0 aromatic heterocycles. The molecular formula is C8H12. The van der Waals surface area contributed by atoms with Crippen LogP contribution in [0.1, 0.15) is 13.3 Å². The summed E-state index contributed by atoms with van der Waals surface area (Å²) in [5.74, 6) is 1.63. The number of allylic oxidation sites excluding steroid dienone is 3. The maximum atomic E-state index is 3.72. The smallest absolute Gasteiger partial charge is 0.0165 e. The van der Waals surface area contributed by atoms with Crippen LogP contribution >= 0.6 is 0 Å². The van der Waals surface area contributed by atoms with Crippen LogP contribution in [0.2, 0.25) is 0 Å². The summed E-state index contributed by atoms with van der Waals surface area (Å²) < 4.78 is 0. The van der Waals surface area contributed by atoms with Gasteiger partial charge < -0.3 is 0 Å². The topological polar surface area (TPSA) is 0 Å². The summed E-state index contributed by atoms with van der Waals surface area (Å²) >= 11 is 0. The average Bonchev–Trinajstić information content (AvgIpc) is 2.48. The van der Waals surface area contributed by atoms with E-state index in [9.17, 15) is 0 Å². The second-order valence-electron chi connectivity index (χ2n) is 2.32. The van der Waals surface area contributed by atoms with E-state index in [-0.39, 0.29) is 0 Å². The van der Waals surface area contributed by atoms with E-state index in [1.54, 1.807) is 0 Å². The molecule has 0 aromatic carbocycles. The van der Waals surface area contributed by atoms with E-state index in [2.05, 4.69) is 25.7 Å². The lowest BCUT2D eigenvalue weighted by Crippen LogP contribution is -1.67. The van der Waals surface area contributed by atoms with Crippen molar-refractivity contribution >= 4 is 0 Å². The Morgan fingerprint density at radius 2 is 2.25 bits per heavy atom. The SMILES string of the molecule is C=C[C@H]1C[C@@H]1/C=C\C. The van der Waals surface area contributed by atoms with Crippen molar-refractivity contribution in [3.05, 3.63) is 24.8 Å². The Balaban J connectivity index is 2.26. The molecule has 0 aliphatic heterocycles. The lowest BCUT2D eigenvalue weighted by atomic mass is 10.3. The summed E-state index contributed by atoms with van der Waals surface area (Å²) in [6.45, 7) is 5.79. The van der Waals surface area contributed by atoms with Gasteiger partial charge in [-0.2, -0.15) is 0 Å². The zero-order valence-electron chi connectivity index (χ0n) is 5.30. The van der Waals surface area contributed by atoms with Crippen LogP contribution in [-0.4, -0.2) is 0 Å². The van der Waals surface area contributed by atoms with Gasteiger partial charge in [0.2, 0.25) is 0 Å². The van der Waals surface area contributed by atoms with Crippen molar-refractivity contribution in [2.75, 3.05) is 0 Å². The molecule has 0 heterocycles. The monoisotopic (exact) mass is 108 g/mol. The quantitative estimate of drug-likeness (QED) is 0.476. The van der Waals surface area contributed by atoms with Crippen LogP contribution in [0.25, 0.3) is 0 Å². The Morgan fingerprint density at radius 1 is 1.50 bits per heavy atom. The highest BCUT2D eigenvalue weighted by molar-refractivity contribution is 5.07. The first-order valence-corrected chi connectivity index (χ1v) is 3.14. The number of hydrogen-bond donors (Lipinski definition) is 0. The third kappa shape index (κ3) is 1.00. The lowest BCUT2D eigenvalue weighted by Gasteiger charge is -1.78. The normalized spacial score (nSPS) is 35.6.